The molecule has 0 aliphatic carbocycles. The number of hydrogen-bond donors (Lipinski definition) is 2. The van der Waals surface area contributed by atoms with Crippen molar-refractivity contribution in [3.63, 3.8) is 0 Å². The molecule has 1 heterocycles. The first-order valence-electron chi connectivity index (χ1n) is 4.49. The van der Waals surface area contributed by atoms with Crippen LogP contribution in [0.1, 0.15) is 23.4 Å². The summed E-state index contributed by atoms with van der Waals surface area (Å²) in [7, 11) is 0. The van der Waals surface area contributed by atoms with Gasteiger partial charge in [0.1, 0.15) is 0 Å². The van der Waals surface area contributed by atoms with Crippen LogP contribution in [0.15, 0.2) is 24.3 Å². The van der Waals surface area contributed by atoms with Crippen LogP contribution in [-0.4, -0.2) is 5.37 Å². The molecule has 1 saturated heterocycles. The van der Waals surface area contributed by atoms with Crippen LogP contribution in [0.2, 0.25) is 0 Å². The maximum atomic E-state index is 3.26. The summed E-state index contributed by atoms with van der Waals surface area (Å²) in [5, 5.41) is 0.891. The lowest BCUT2D eigenvalue weighted by Crippen LogP contribution is -2.28. The van der Waals surface area contributed by atoms with Gasteiger partial charge >= 0.3 is 0 Å². The standard InChI is InChI=1S/C10H14N2S/c1-7-3-5-9(6-4-7)10-12-11-8(2)13-10/h3-6,8,10-12H,1-2H3. The maximum absolute atomic E-state index is 3.26. The number of rotatable bonds is 1. The van der Waals surface area contributed by atoms with Gasteiger partial charge in [-0.1, -0.05) is 29.8 Å². The molecule has 0 amide bonds. The predicted molar refractivity (Wildman–Crippen MR) is 57.2 cm³/mol. The van der Waals surface area contributed by atoms with Gasteiger partial charge in [-0.3, -0.25) is 0 Å². The van der Waals surface area contributed by atoms with Gasteiger partial charge in [0.05, 0.1) is 10.7 Å². The molecular weight excluding hydrogens is 180 g/mol. The normalized spacial score (nSPS) is 27.8. The third-order valence-corrected chi connectivity index (χ3v) is 3.33. The molecule has 1 aliphatic heterocycles. The van der Waals surface area contributed by atoms with E-state index in [1.165, 1.54) is 11.1 Å². The van der Waals surface area contributed by atoms with E-state index in [9.17, 15) is 0 Å². The molecule has 1 fully saturated rings. The first-order valence-corrected chi connectivity index (χ1v) is 5.43. The van der Waals surface area contributed by atoms with E-state index >= 15 is 0 Å². The summed E-state index contributed by atoms with van der Waals surface area (Å²) in [6.45, 7) is 4.27. The smallest absolute Gasteiger partial charge is 0.0932 e. The monoisotopic (exact) mass is 194 g/mol. The van der Waals surface area contributed by atoms with Crippen LogP contribution in [-0.2, 0) is 0 Å². The Labute approximate surface area is 83.1 Å². The highest BCUT2D eigenvalue weighted by molar-refractivity contribution is 8.00. The van der Waals surface area contributed by atoms with Gasteiger partial charge in [0, 0.05) is 0 Å². The number of hydrogen-bond acceptors (Lipinski definition) is 3. The predicted octanol–water partition coefficient (Wildman–Crippen LogP) is 2.18. The lowest BCUT2D eigenvalue weighted by atomic mass is 10.1. The zero-order valence-electron chi connectivity index (χ0n) is 7.87. The van der Waals surface area contributed by atoms with Gasteiger partial charge in [-0.2, -0.15) is 0 Å². The van der Waals surface area contributed by atoms with E-state index in [-0.39, 0.29) is 0 Å². The van der Waals surface area contributed by atoms with Gasteiger partial charge in [-0.05, 0) is 19.4 Å². The van der Waals surface area contributed by atoms with Crippen LogP contribution in [0.4, 0.5) is 0 Å². The van der Waals surface area contributed by atoms with Gasteiger partial charge in [-0.25, -0.2) is 10.9 Å². The zero-order chi connectivity index (χ0) is 9.26. The molecule has 0 aromatic heterocycles. The largest absolute Gasteiger partial charge is 0.244 e. The maximum Gasteiger partial charge on any atom is 0.0932 e. The van der Waals surface area contributed by atoms with E-state index in [0.717, 1.165) is 0 Å². The highest BCUT2D eigenvalue weighted by Crippen LogP contribution is 2.32. The van der Waals surface area contributed by atoms with Crippen molar-refractivity contribution in [1.29, 1.82) is 0 Å². The topological polar surface area (TPSA) is 24.1 Å². The van der Waals surface area contributed by atoms with Gasteiger partial charge < -0.3 is 0 Å². The number of aryl methyl sites for hydroxylation is 1. The first kappa shape index (κ1) is 9.06. The molecule has 2 nitrogen and oxygen atoms in total. The highest BCUT2D eigenvalue weighted by atomic mass is 32.2. The summed E-state index contributed by atoms with van der Waals surface area (Å²) in [4.78, 5) is 0. The van der Waals surface area contributed by atoms with Crippen LogP contribution in [0, 0.1) is 6.92 Å². The van der Waals surface area contributed by atoms with Crippen molar-refractivity contribution < 1.29 is 0 Å². The summed E-state index contributed by atoms with van der Waals surface area (Å²) in [5.41, 5.74) is 9.10. The molecule has 0 bridgehead atoms. The Hall–Kier alpha value is -0.510. The van der Waals surface area contributed by atoms with Crippen molar-refractivity contribution in [1.82, 2.24) is 10.9 Å². The molecular formula is C10H14N2S. The lowest BCUT2D eigenvalue weighted by molar-refractivity contribution is 0.561. The second-order valence-electron chi connectivity index (χ2n) is 3.36. The van der Waals surface area contributed by atoms with E-state index < -0.39 is 0 Å². The van der Waals surface area contributed by atoms with Crippen molar-refractivity contribution in [3.05, 3.63) is 35.4 Å². The SMILES string of the molecule is Cc1ccc(C2NNC(C)S2)cc1. The van der Waals surface area contributed by atoms with E-state index in [1.54, 1.807) is 0 Å². The summed E-state index contributed by atoms with van der Waals surface area (Å²) in [6.07, 6.45) is 0. The Kier molecular flexibility index (Phi) is 2.58. The van der Waals surface area contributed by atoms with E-state index in [1.807, 2.05) is 11.8 Å². The van der Waals surface area contributed by atoms with Crippen molar-refractivity contribution in [3.8, 4) is 0 Å². The Morgan fingerprint density at radius 2 is 1.85 bits per heavy atom. The molecule has 2 atom stereocenters. The molecule has 0 radical (unpaired) electrons. The molecule has 2 unspecified atom stereocenters. The average molecular weight is 194 g/mol. The van der Waals surface area contributed by atoms with Gasteiger partial charge in [-0.15, -0.1) is 11.8 Å². The van der Waals surface area contributed by atoms with Crippen molar-refractivity contribution in [2.24, 2.45) is 0 Å². The quantitative estimate of drug-likeness (QED) is 0.716. The van der Waals surface area contributed by atoms with Crippen LogP contribution in [0.25, 0.3) is 0 Å². The second kappa shape index (κ2) is 3.70. The Morgan fingerprint density at radius 1 is 1.15 bits per heavy atom. The van der Waals surface area contributed by atoms with E-state index in [4.69, 9.17) is 0 Å². The molecule has 0 spiro atoms. The molecule has 3 heteroatoms. The molecule has 2 N–H and O–H groups in total. The van der Waals surface area contributed by atoms with Gasteiger partial charge in [0.15, 0.2) is 0 Å². The number of nitrogens with one attached hydrogen (secondary N) is 2. The third-order valence-electron chi connectivity index (χ3n) is 2.14. The number of hydrazine groups is 1. The first-order chi connectivity index (χ1) is 6.25. The Morgan fingerprint density at radius 3 is 2.38 bits per heavy atom. The molecule has 1 aromatic carbocycles. The Bertz CT molecular complexity index is 283. The van der Waals surface area contributed by atoms with Crippen LogP contribution >= 0.6 is 11.8 Å². The number of benzene rings is 1. The fourth-order valence-electron chi connectivity index (χ4n) is 1.37. The molecule has 1 aliphatic rings. The van der Waals surface area contributed by atoms with Gasteiger partial charge in [0.2, 0.25) is 0 Å². The molecule has 1 aromatic rings. The van der Waals surface area contributed by atoms with E-state index in [0.29, 0.717) is 10.7 Å². The summed E-state index contributed by atoms with van der Waals surface area (Å²) in [5.74, 6) is 0. The minimum Gasteiger partial charge on any atom is -0.244 e. The summed E-state index contributed by atoms with van der Waals surface area (Å²) < 4.78 is 0. The zero-order valence-corrected chi connectivity index (χ0v) is 8.69. The summed E-state index contributed by atoms with van der Waals surface area (Å²) in [6, 6.07) is 8.67. The lowest BCUT2D eigenvalue weighted by Gasteiger charge is -2.08. The minimum absolute atomic E-state index is 0.399. The second-order valence-corrected chi connectivity index (χ2v) is 4.81. The molecule has 70 valence electrons. The third kappa shape index (κ3) is 2.05. The molecule has 0 saturated carbocycles. The molecule has 13 heavy (non-hydrogen) atoms. The fraction of sp³-hybridized carbons (Fsp3) is 0.400. The van der Waals surface area contributed by atoms with E-state index in [2.05, 4.69) is 49.0 Å². The van der Waals surface area contributed by atoms with Crippen LogP contribution in [0.5, 0.6) is 0 Å². The van der Waals surface area contributed by atoms with Crippen molar-refractivity contribution in [2.45, 2.75) is 24.6 Å². The fourth-order valence-corrected chi connectivity index (χ4v) is 2.36. The highest BCUT2D eigenvalue weighted by Gasteiger charge is 2.21. The van der Waals surface area contributed by atoms with Crippen LogP contribution in [0.3, 0.4) is 0 Å². The van der Waals surface area contributed by atoms with Crippen molar-refractivity contribution in [2.75, 3.05) is 0 Å². The summed E-state index contributed by atoms with van der Waals surface area (Å²) >= 11 is 1.90. The average Bonchev–Trinajstić information content (AvgIpc) is 2.53. The van der Waals surface area contributed by atoms with Crippen LogP contribution < -0.4 is 10.9 Å². The Balaban J connectivity index is 2.13. The minimum atomic E-state index is 0.399. The molecule has 2 rings (SSSR count). The van der Waals surface area contributed by atoms with Gasteiger partial charge in [0.25, 0.3) is 0 Å². The number of thioether (sulfide) groups is 1. The van der Waals surface area contributed by atoms with Crippen molar-refractivity contribution >= 4 is 11.8 Å².